The molecule has 1 heterocycles. The summed E-state index contributed by atoms with van der Waals surface area (Å²) in [6, 6.07) is 0. The summed E-state index contributed by atoms with van der Waals surface area (Å²) < 4.78 is 5.69. The van der Waals surface area contributed by atoms with Gasteiger partial charge in [-0.15, -0.1) is 6.58 Å². The van der Waals surface area contributed by atoms with E-state index >= 15 is 0 Å². The fourth-order valence-corrected chi connectivity index (χ4v) is 2.66. The summed E-state index contributed by atoms with van der Waals surface area (Å²) in [6.07, 6.45) is 11.4. The summed E-state index contributed by atoms with van der Waals surface area (Å²) in [7, 11) is 0. The minimum atomic E-state index is 0.333. The zero-order valence-electron chi connectivity index (χ0n) is 8.43. The zero-order valence-corrected chi connectivity index (χ0v) is 8.43. The molecule has 0 aromatic carbocycles. The summed E-state index contributed by atoms with van der Waals surface area (Å²) in [6.45, 7) is 4.83. The molecule has 1 aliphatic heterocycles. The average molecular weight is 180 g/mol. The van der Waals surface area contributed by atoms with E-state index in [2.05, 4.69) is 6.58 Å². The van der Waals surface area contributed by atoms with Gasteiger partial charge in [-0.05, 0) is 31.6 Å². The van der Waals surface area contributed by atoms with E-state index in [1.807, 2.05) is 6.08 Å². The number of rotatable bonds is 3. The highest BCUT2D eigenvalue weighted by atomic mass is 16.6. The Morgan fingerprint density at radius 1 is 1.38 bits per heavy atom. The lowest BCUT2D eigenvalue weighted by Gasteiger charge is -2.20. The van der Waals surface area contributed by atoms with E-state index in [1.54, 1.807) is 0 Å². The molecular formula is C12H20O. The molecule has 1 nitrogen and oxygen atoms in total. The van der Waals surface area contributed by atoms with Crippen LogP contribution in [-0.4, -0.2) is 12.2 Å². The molecule has 13 heavy (non-hydrogen) atoms. The molecule has 0 aromatic heterocycles. The second-order valence-corrected chi connectivity index (χ2v) is 4.52. The third-order valence-corrected chi connectivity index (χ3v) is 3.63. The lowest BCUT2D eigenvalue weighted by molar-refractivity contribution is 0.196. The number of hydrogen-bond acceptors (Lipinski definition) is 1. The number of allylic oxidation sites excluding steroid dienone is 1. The maximum atomic E-state index is 5.69. The van der Waals surface area contributed by atoms with Crippen LogP contribution in [0.4, 0.5) is 0 Å². The van der Waals surface area contributed by atoms with Gasteiger partial charge in [0.05, 0.1) is 12.2 Å². The number of ether oxygens (including phenoxy) is 1. The van der Waals surface area contributed by atoms with E-state index in [1.165, 1.54) is 38.5 Å². The first-order valence-electron chi connectivity index (χ1n) is 5.62. The van der Waals surface area contributed by atoms with E-state index in [9.17, 15) is 0 Å². The minimum absolute atomic E-state index is 0.333. The molecule has 1 saturated carbocycles. The fraction of sp³-hybridized carbons (Fsp3) is 0.833. The molecule has 2 atom stereocenters. The van der Waals surface area contributed by atoms with Crippen LogP contribution in [0.1, 0.15) is 44.9 Å². The first kappa shape index (κ1) is 9.26. The summed E-state index contributed by atoms with van der Waals surface area (Å²) in [5.74, 6) is 0.827. The molecule has 1 spiro atoms. The van der Waals surface area contributed by atoms with Crippen molar-refractivity contribution in [1.29, 1.82) is 0 Å². The molecule has 1 heteroatoms. The molecule has 1 unspecified atom stereocenters. The van der Waals surface area contributed by atoms with Crippen LogP contribution in [0, 0.1) is 5.92 Å². The largest absolute Gasteiger partial charge is 0.369 e. The monoisotopic (exact) mass is 180 g/mol. The predicted molar refractivity (Wildman–Crippen MR) is 54.7 cm³/mol. The van der Waals surface area contributed by atoms with Crippen molar-refractivity contribution in [2.24, 2.45) is 5.92 Å². The molecule has 0 aromatic rings. The molecular weight excluding hydrogens is 160 g/mol. The summed E-state index contributed by atoms with van der Waals surface area (Å²) in [4.78, 5) is 0. The Bertz CT molecular complexity index is 182. The second kappa shape index (κ2) is 3.83. The highest BCUT2D eigenvalue weighted by molar-refractivity contribution is 4.99. The lowest BCUT2D eigenvalue weighted by atomic mass is 9.85. The van der Waals surface area contributed by atoms with Crippen LogP contribution in [0.2, 0.25) is 0 Å². The van der Waals surface area contributed by atoms with Crippen molar-refractivity contribution in [1.82, 2.24) is 0 Å². The van der Waals surface area contributed by atoms with Crippen molar-refractivity contribution in [3.8, 4) is 0 Å². The van der Waals surface area contributed by atoms with Crippen LogP contribution >= 0.6 is 0 Å². The summed E-state index contributed by atoms with van der Waals surface area (Å²) in [5, 5.41) is 0. The molecule has 2 aliphatic rings. The van der Waals surface area contributed by atoms with Gasteiger partial charge in [-0.2, -0.15) is 0 Å². The number of hydrogen-bond donors (Lipinski definition) is 0. The predicted octanol–water partition coefficient (Wildman–Crippen LogP) is 3.30. The minimum Gasteiger partial charge on any atom is -0.369 e. The van der Waals surface area contributed by atoms with E-state index in [0.29, 0.717) is 5.60 Å². The normalized spacial score (nSPS) is 38.6. The molecule has 74 valence electrons. The zero-order chi connectivity index (χ0) is 9.15. The standard InChI is InChI=1S/C12H20O/c1-2-3-7-11-8-5-4-6-9-12(11)10-13-12/h2,11H,1,3-10H2/t11-,12?/m1/s1. The van der Waals surface area contributed by atoms with Crippen LogP contribution in [-0.2, 0) is 4.74 Å². The Labute approximate surface area is 81.2 Å². The van der Waals surface area contributed by atoms with Crippen LogP contribution in [0.25, 0.3) is 0 Å². The van der Waals surface area contributed by atoms with Crippen molar-refractivity contribution in [3.63, 3.8) is 0 Å². The lowest BCUT2D eigenvalue weighted by Crippen LogP contribution is -2.22. The van der Waals surface area contributed by atoms with Gasteiger partial charge in [0.25, 0.3) is 0 Å². The molecule has 2 fully saturated rings. The SMILES string of the molecule is C=CCC[C@@H]1CCCCCC12CO2. The van der Waals surface area contributed by atoms with Crippen molar-refractivity contribution in [2.75, 3.05) is 6.61 Å². The highest BCUT2D eigenvalue weighted by Gasteiger charge is 2.50. The van der Waals surface area contributed by atoms with Crippen LogP contribution in [0.5, 0.6) is 0 Å². The average Bonchev–Trinajstić information content (AvgIpc) is 2.93. The molecule has 1 saturated heterocycles. The van der Waals surface area contributed by atoms with Crippen molar-refractivity contribution in [2.45, 2.75) is 50.5 Å². The van der Waals surface area contributed by atoms with Crippen LogP contribution in [0.15, 0.2) is 12.7 Å². The van der Waals surface area contributed by atoms with Gasteiger partial charge in [0.1, 0.15) is 0 Å². The van der Waals surface area contributed by atoms with Gasteiger partial charge < -0.3 is 4.74 Å². The Balaban J connectivity index is 1.92. The van der Waals surface area contributed by atoms with Crippen molar-refractivity contribution < 1.29 is 4.74 Å². The summed E-state index contributed by atoms with van der Waals surface area (Å²) in [5.41, 5.74) is 0.333. The van der Waals surface area contributed by atoms with Gasteiger partial charge >= 0.3 is 0 Å². The van der Waals surface area contributed by atoms with Crippen molar-refractivity contribution >= 4 is 0 Å². The Hall–Kier alpha value is -0.300. The molecule has 0 bridgehead atoms. The molecule has 1 aliphatic carbocycles. The van der Waals surface area contributed by atoms with Gasteiger partial charge in [0.2, 0.25) is 0 Å². The smallest absolute Gasteiger partial charge is 0.0944 e. The van der Waals surface area contributed by atoms with Crippen LogP contribution < -0.4 is 0 Å². The molecule has 0 amide bonds. The van der Waals surface area contributed by atoms with E-state index in [4.69, 9.17) is 4.74 Å². The topological polar surface area (TPSA) is 12.5 Å². The number of epoxide rings is 1. The Kier molecular flexibility index (Phi) is 2.73. The quantitative estimate of drug-likeness (QED) is 0.479. The third kappa shape index (κ3) is 1.96. The maximum Gasteiger partial charge on any atom is 0.0944 e. The van der Waals surface area contributed by atoms with E-state index < -0.39 is 0 Å². The summed E-state index contributed by atoms with van der Waals surface area (Å²) >= 11 is 0. The first-order valence-corrected chi connectivity index (χ1v) is 5.62. The third-order valence-electron chi connectivity index (χ3n) is 3.63. The second-order valence-electron chi connectivity index (χ2n) is 4.52. The maximum absolute atomic E-state index is 5.69. The molecule has 2 rings (SSSR count). The molecule has 0 radical (unpaired) electrons. The van der Waals surface area contributed by atoms with E-state index in [0.717, 1.165) is 18.9 Å². The fourth-order valence-electron chi connectivity index (χ4n) is 2.66. The van der Waals surface area contributed by atoms with E-state index in [-0.39, 0.29) is 0 Å². The van der Waals surface area contributed by atoms with Gasteiger partial charge in [-0.1, -0.05) is 25.3 Å². The Morgan fingerprint density at radius 2 is 2.23 bits per heavy atom. The van der Waals surface area contributed by atoms with Gasteiger partial charge in [0.15, 0.2) is 0 Å². The van der Waals surface area contributed by atoms with Gasteiger partial charge in [-0.25, -0.2) is 0 Å². The molecule has 0 N–H and O–H groups in total. The van der Waals surface area contributed by atoms with Crippen LogP contribution in [0.3, 0.4) is 0 Å². The Morgan fingerprint density at radius 3 is 2.92 bits per heavy atom. The van der Waals surface area contributed by atoms with Gasteiger partial charge in [-0.3, -0.25) is 0 Å². The van der Waals surface area contributed by atoms with Crippen molar-refractivity contribution in [3.05, 3.63) is 12.7 Å². The first-order chi connectivity index (χ1) is 6.37. The van der Waals surface area contributed by atoms with Gasteiger partial charge in [0, 0.05) is 0 Å². The highest BCUT2D eigenvalue weighted by Crippen LogP contribution is 2.46.